The molecule has 1 atom stereocenters. The molecule has 0 aliphatic carbocycles. The van der Waals surface area contributed by atoms with Crippen LogP contribution >= 0.6 is 0 Å². The fourth-order valence-electron chi connectivity index (χ4n) is 1.65. The van der Waals surface area contributed by atoms with Crippen LogP contribution in [-0.2, 0) is 6.54 Å². The molecule has 0 spiro atoms. The average molecular weight is 254 g/mol. The fraction of sp³-hybridized carbons (Fsp3) is 0.667. The summed E-state index contributed by atoms with van der Waals surface area (Å²) in [4.78, 5) is 17.2. The number of aryl methyl sites for hydroxylation is 1. The van der Waals surface area contributed by atoms with E-state index in [4.69, 9.17) is 5.11 Å². The Morgan fingerprint density at radius 3 is 2.94 bits per heavy atom. The van der Waals surface area contributed by atoms with E-state index in [1.165, 1.54) is 4.90 Å². The van der Waals surface area contributed by atoms with E-state index in [1.807, 2.05) is 13.1 Å². The molecule has 0 saturated heterocycles. The van der Waals surface area contributed by atoms with Gasteiger partial charge >= 0.3 is 6.03 Å². The van der Waals surface area contributed by atoms with Crippen LogP contribution < -0.4 is 5.32 Å². The molecule has 2 amide bonds. The van der Waals surface area contributed by atoms with Crippen LogP contribution in [0.2, 0.25) is 0 Å². The molecule has 6 nitrogen and oxygen atoms in total. The number of amides is 2. The van der Waals surface area contributed by atoms with Gasteiger partial charge in [0.05, 0.1) is 6.61 Å². The molecule has 1 aromatic heterocycles. The fourth-order valence-corrected chi connectivity index (χ4v) is 1.65. The van der Waals surface area contributed by atoms with Crippen molar-refractivity contribution in [2.75, 3.05) is 26.7 Å². The number of nitrogens with zero attached hydrogens (tertiary/aromatic N) is 3. The molecule has 0 radical (unpaired) electrons. The van der Waals surface area contributed by atoms with E-state index in [0.29, 0.717) is 19.0 Å². The van der Waals surface area contributed by atoms with Crippen molar-refractivity contribution in [3.05, 3.63) is 18.2 Å². The SMILES string of the molecule is Cc1nccn1CC(C)CNC(=O)N(C)CCO. The number of likely N-dealkylation sites (N-methyl/N-ethyl adjacent to an activating group) is 1. The Morgan fingerprint density at radius 1 is 1.67 bits per heavy atom. The van der Waals surface area contributed by atoms with Gasteiger partial charge in [0.25, 0.3) is 0 Å². The van der Waals surface area contributed by atoms with Crippen molar-refractivity contribution < 1.29 is 9.90 Å². The first-order valence-electron chi connectivity index (χ1n) is 6.12. The quantitative estimate of drug-likeness (QED) is 0.775. The number of imidazole rings is 1. The second-order valence-corrected chi connectivity index (χ2v) is 4.56. The van der Waals surface area contributed by atoms with Crippen LogP contribution in [-0.4, -0.2) is 52.3 Å². The van der Waals surface area contributed by atoms with Gasteiger partial charge in [-0.2, -0.15) is 0 Å². The van der Waals surface area contributed by atoms with Gasteiger partial charge in [0.2, 0.25) is 0 Å². The van der Waals surface area contributed by atoms with Crippen LogP contribution in [0.25, 0.3) is 0 Å². The summed E-state index contributed by atoms with van der Waals surface area (Å²) in [7, 11) is 1.66. The molecule has 0 aliphatic heterocycles. The Balaban J connectivity index is 2.31. The molecule has 1 unspecified atom stereocenters. The Morgan fingerprint density at radius 2 is 2.39 bits per heavy atom. The van der Waals surface area contributed by atoms with Crippen molar-refractivity contribution in [3.63, 3.8) is 0 Å². The number of carbonyl (C=O) groups is 1. The molecular weight excluding hydrogens is 232 g/mol. The summed E-state index contributed by atoms with van der Waals surface area (Å²) < 4.78 is 2.06. The highest BCUT2D eigenvalue weighted by molar-refractivity contribution is 5.73. The predicted molar refractivity (Wildman–Crippen MR) is 69.2 cm³/mol. The Labute approximate surface area is 108 Å². The summed E-state index contributed by atoms with van der Waals surface area (Å²) in [5.74, 6) is 1.30. The molecule has 0 bridgehead atoms. The topological polar surface area (TPSA) is 70.4 Å². The van der Waals surface area contributed by atoms with Crippen molar-refractivity contribution in [3.8, 4) is 0 Å². The van der Waals surface area contributed by atoms with Gasteiger partial charge in [0, 0.05) is 39.1 Å². The monoisotopic (exact) mass is 254 g/mol. The van der Waals surface area contributed by atoms with Crippen LogP contribution in [0.1, 0.15) is 12.7 Å². The molecule has 0 fully saturated rings. The highest BCUT2D eigenvalue weighted by Gasteiger charge is 2.10. The molecule has 102 valence electrons. The average Bonchev–Trinajstić information content (AvgIpc) is 2.72. The summed E-state index contributed by atoms with van der Waals surface area (Å²) in [5.41, 5.74) is 0. The van der Waals surface area contributed by atoms with E-state index >= 15 is 0 Å². The molecule has 1 aromatic rings. The number of urea groups is 1. The zero-order valence-electron chi connectivity index (χ0n) is 11.3. The lowest BCUT2D eigenvalue weighted by Gasteiger charge is -2.19. The highest BCUT2D eigenvalue weighted by Crippen LogP contribution is 2.02. The van der Waals surface area contributed by atoms with Gasteiger partial charge in [-0.1, -0.05) is 6.92 Å². The summed E-state index contributed by atoms with van der Waals surface area (Å²) in [6.45, 7) is 5.79. The van der Waals surface area contributed by atoms with E-state index < -0.39 is 0 Å². The van der Waals surface area contributed by atoms with Crippen molar-refractivity contribution in [1.29, 1.82) is 0 Å². The van der Waals surface area contributed by atoms with Gasteiger partial charge < -0.3 is 19.9 Å². The number of aromatic nitrogens is 2. The van der Waals surface area contributed by atoms with Crippen LogP contribution in [0.15, 0.2) is 12.4 Å². The molecule has 0 saturated carbocycles. The maximum atomic E-state index is 11.6. The maximum Gasteiger partial charge on any atom is 0.317 e. The van der Waals surface area contributed by atoms with Gasteiger partial charge in [-0.3, -0.25) is 0 Å². The van der Waals surface area contributed by atoms with Crippen molar-refractivity contribution in [1.82, 2.24) is 19.8 Å². The number of aliphatic hydroxyl groups is 1. The number of hydrogen-bond acceptors (Lipinski definition) is 3. The highest BCUT2D eigenvalue weighted by atomic mass is 16.3. The first-order valence-corrected chi connectivity index (χ1v) is 6.12. The predicted octanol–water partition coefficient (Wildman–Crippen LogP) is 0.461. The van der Waals surface area contributed by atoms with Crippen molar-refractivity contribution >= 4 is 6.03 Å². The minimum absolute atomic E-state index is 0.0201. The van der Waals surface area contributed by atoms with E-state index in [2.05, 4.69) is 21.8 Å². The molecule has 1 rings (SSSR count). The molecule has 0 aliphatic rings. The van der Waals surface area contributed by atoms with Crippen molar-refractivity contribution in [2.24, 2.45) is 5.92 Å². The van der Waals surface area contributed by atoms with Crippen LogP contribution in [0.5, 0.6) is 0 Å². The van der Waals surface area contributed by atoms with Crippen molar-refractivity contribution in [2.45, 2.75) is 20.4 Å². The van der Waals surface area contributed by atoms with Crippen LogP contribution in [0.3, 0.4) is 0 Å². The Kier molecular flexibility index (Phi) is 5.64. The summed E-state index contributed by atoms with van der Waals surface area (Å²) >= 11 is 0. The van der Waals surface area contributed by atoms with E-state index in [1.54, 1.807) is 13.2 Å². The van der Waals surface area contributed by atoms with E-state index in [0.717, 1.165) is 12.4 Å². The van der Waals surface area contributed by atoms with Gasteiger partial charge in [-0.15, -0.1) is 0 Å². The Bertz CT molecular complexity index is 378. The number of rotatable bonds is 6. The van der Waals surface area contributed by atoms with Gasteiger partial charge in [-0.25, -0.2) is 9.78 Å². The molecule has 6 heteroatoms. The molecule has 18 heavy (non-hydrogen) atoms. The van der Waals surface area contributed by atoms with Crippen LogP contribution in [0, 0.1) is 12.8 Å². The molecule has 0 aromatic carbocycles. The lowest BCUT2D eigenvalue weighted by molar-refractivity contribution is 0.189. The molecule has 2 N–H and O–H groups in total. The largest absolute Gasteiger partial charge is 0.395 e. The van der Waals surface area contributed by atoms with E-state index in [-0.39, 0.29) is 12.6 Å². The number of aliphatic hydroxyl groups excluding tert-OH is 1. The van der Waals surface area contributed by atoms with Gasteiger partial charge in [-0.05, 0) is 12.8 Å². The number of hydrogen-bond donors (Lipinski definition) is 2. The zero-order valence-corrected chi connectivity index (χ0v) is 11.3. The summed E-state index contributed by atoms with van der Waals surface area (Å²) in [6, 6.07) is -0.154. The van der Waals surface area contributed by atoms with Gasteiger partial charge in [0.15, 0.2) is 0 Å². The normalized spacial score (nSPS) is 12.2. The number of nitrogens with one attached hydrogen (secondary N) is 1. The lowest BCUT2D eigenvalue weighted by atomic mass is 10.2. The minimum atomic E-state index is -0.154. The molecular formula is C12H22N4O2. The maximum absolute atomic E-state index is 11.6. The third-order valence-electron chi connectivity index (χ3n) is 2.82. The number of carbonyl (C=O) groups excluding carboxylic acids is 1. The smallest absolute Gasteiger partial charge is 0.317 e. The lowest BCUT2D eigenvalue weighted by Crippen LogP contribution is -2.41. The summed E-state index contributed by atoms with van der Waals surface area (Å²) in [5, 5.41) is 11.6. The second-order valence-electron chi connectivity index (χ2n) is 4.56. The first kappa shape index (κ1) is 14.5. The molecule has 1 heterocycles. The first-order chi connectivity index (χ1) is 8.54. The summed E-state index contributed by atoms with van der Waals surface area (Å²) in [6.07, 6.45) is 3.71. The minimum Gasteiger partial charge on any atom is -0.395 e. The van der Waals surface area contributed by atoms with Crippen LogP contribution in [0.4, 0.5) is 4.79 Å². The zero-order chi connectivity index (χ0) is 13.5. The van der Waals surface area contributed by atoms with E-state index in [9.17, 15) is 4.79 Å². The van der Waals surface area contributed by atoms with Gasteiger partial charge in [0.1, 0.15) is 5.82 Å². The third kappa shape index (κ3) is 4.37. The standard InChI is InChI=1S/C12H22N4O2/c1-10(9-16-5-4-13-11(16)2)8-14-12(18)15(3)6-7-17/h4-5,10,17H,6-9H2,1-3H3,(H,14,18). The third-order valence-corrected chi connectivity index (χ3v) is 2.82. The Hall–Kier alpha value is -1.56. The second kappa shape index (κ2) is 7.00.